The van der Waals surface area contributed by atoms with E-state index >= 15 is 0 Å². The smallest absolute Gasteiger partial charge is 0.115 e. The molecule has 0 aliphatic carbocycles. The molecule has 0 spiro atoms. The second-order valence-corrected chi connectivity index (χ2v) is 4.15. The van der Waals surface area contributed by atoms with Crippen molar-refractivity contribution in [3.05, 3.63) is 29.8 Å². The third-order valence-corrected chi connectivity index (χ3v) is 2.94. The summed E-state index contributed by atoms with van der Waals surface area (Å²) in [5, 5.41) is 9.17. The summed E-state index contributed by atoms with van der Waals surface area (Å²) in [7, 11) is 0. The topological polar surface area (TPSA) is 23.5 Å². The van der Waals surface area contributed by atoms with Crippen LogP contribution in [0.15, 0.2) is 24.3 Å². The van der Waals surface area contributed by atoms with E-state index in [-0.39, 0.29) is 0 Å². The van der Waals surface area contributed by atoms with Gasteiger partial charge in [0.2, 0.25) is 0 Å². The van der Waals surface area contributed by atoms with Crippen LogP contribution in [0.2, 0.25) is 0 Å². The fraction of sp³-hybridized carbons (Fsp3) is 0.500. The van der Waals surface area contributed by atoms with Gasteiger partial charge in [-0.1, -0.05) is 19.1 Å². The number of phenols is 1. The minimum Gasteiger partial charge on any atom is -0.508 e. The molecule has 1 saturated heterocycles. The highest BCUT2D eigenvalue weighted by Gasteiger charge is 2.17. The Morgan fingerprint density at radius 3 is 2.43 bits per heavy atom. The molecule has 1 heterocycles. The lowest BCUT2D eigenvalue weighted by atomic mass is 9.99. The minimum atomic E-state index is 0.352. The number of hydrogen-bond acceptors (Lipinski definition) is 2. The molecule has 1 N–H and O–H groups in total. The molecule has 2 heteroatoms. The zero-order valence-corrected chi connectivity index (χ0v) is 8.61. The molecule has 1 aliphatic rings. The molecular formula is C12H17NO. The van der Waals surface area contributed by atoms with Crippen molar-refractivity contribution in [1.29, 1.82) is 0 Å². The van der Waals surface area contributed by atoms with Crippen molar-refractivity contribution >= 4 is 0 Å². The van der Waals surface area contributed by atoms with Gasteiger partial charge in [-0.15, -0.1) is 0 Å². The highest BCUT2D eigenvalue weighted by Crippen LogP contribution is 2.21. The Labute approximate surface area is 85.2 Å². The van der Waals surface area contributed by atoms with Crippen LogP contribution in [0.1, 0.15) is 24.8 Å². The molecule has 1 fully saturated rings. The van der Waals surface area contributed by atoms with E-state index < -0.39 is 0 Å². The van der Waals surface area contributed by atoms with Gasteiger partial charge >= 0.3 is 0 Å². The fourth-order valence-corrected chi connectivity index (χ4v) is 1.86. The summed E-state index contributed by atoms with van der Waals surface area (Å²) in [4.78, 5) is 2.47. The number of rotatable bonds is 3. The molecule has 1 atom stereocenters. The molecule has 14 heavy (non-hydrogen) atoms. The molecule has 2 nitrogen and oxygen atoms in total. The number of phenolic OH excluding ortho intramolecular Hbond substituents is 1. The van der Waals surface area contributed by atoms with Crippen molar-refractivity contribution < 1.29 is 5.11 Å². The molecule has 0 amide bonds. The average Bonchev–Trinajstić information content (AvgIpc) is 2.12. The third kappa shape index (κ3) is 2.07. The monoisotopic (exact) mass is 191 g/mol. The quantitative estimate of drug-likeness (QED) is 0.791. The Kier molecular flexibility index (Phi) is 2.73. The SMILES string of the molecule is CC(CN1CCC1)c1ccc(O)cc1. The molecule has 1 aromatic carbocycles. The van der Waals surface area contributed by atoms with Crippen molar-refractivity contribution in [3.8, 4) is 5.75 Å². The van der Waals surface area contributed by atoms with Crippen molar-refractivity contribution in [2.75, 3.05) is 19.6 Å². The number of aromatic hydroxyl groups is 1. The van der Waals surface area contributed by atoms with E-state index in [2.05, 4.69) is 11.8 Å². The maximum atomic E-state index is 9.17. The summed E-state index contributed by atoms with van der Waals surface area (Å²) >= 11 is 0. The molecule has 0 radical (unpaired) electrons. The van der Waals surface area contributed by atoms with Gasteiger partial charge in [0, 0.05) is 6.54 Å². The lowest BCUT2D eigenvalue weighted by Crippen LogP contribution is -2.39. The van der Waals surface area contributed by atoms with E-state index in [9.17, 15) is 0 Å². The Hall–Kier alpha value is -1.02. The van der Waals surface area contributed by atoms with Crippen LogP contribution in [-0.2, 0) is 0 Å². The van der Waals surface area contributed by atoms with E-state index in [0.29, 0.717) is 11.7 Å². The summed E-state index contributed by atoms with van der Waals surface area (Å²) in [6.45, 7) is 5.89. The molecule has 76 valence electrons. The number of nitrogens with zero attached hydrogens (tertiary/aromatic N) is 1. The highest BCUT2D eigenvalue weighted by molar-refractivity contribution is 5.28. The summed E-state index contributed by atoms with van der Waals surface area (Å²) in [6, 6.07) is 7.56. The number of benzene rings is 1. The summed E-state index contributed by atoms with van der Waals surface area (Å²) < 4.78 is 0. The first-order valence-electron chi connectivity index (χ1n) is 5.27. The first kappa shape index (κ1) is 9.53. The minimum absolute atomic E-state index is 0.352. The second-order valence-electron chi connectivity index (χ2n) is 4.15. The van der Waals surface area contributed by atoms with E-state index in [0.717, 1.165) is 6.54 Å². The molecule has 1 unspecified atom stereocenters. The Morgan fingerprint density at radius 1 is 1.29 bits per heavy atom. The molecule has 1 aromatic rings. The van der Waals surface area contributed by atoms with Gasteiger partial charge in [0.1, 0.15) is 5.75 Å². The molecule has 0 aromatic heterocycles. The largest absolute Gasteiger partial charge is 0.508 e. The summed E-state index contributed by atoms with van der Waals surface area (Å²) in [5.74, 6) is 0.917. The summed E-state index contributed by atoms with van der Waals surface area (Å²) in [6.07, 6.45) is 1.35. The molecule has 0 saturated carbocycles. The van der Waals surface area contributed by atoms with Crippen LogP contribution >= 0.6 is 0 Å². The normalized spacial score (nSPS) is 18.9. The van der Waals surface area contributed by atoms with E-state index in [1.165, 1.54) is 25.1 Å². The van der Waals surface area contributed by atoms with Crippen LogP contribution in [0.25, 0.3) is 0 Å². The fourth-order valence-electron chi connectivity index (χ4n) is 1.86. The van der Waals surface area contributed by atoms with Gasteiger partial charge in [-0.25, -0.2) is 0 Å². The highest BCUT2D eigenvalue weighted by atomic mass is 16.3. The van der Waals surface area contributed by atoms with Crippen LogP contribution in [0.5, 0.6) is 5.75 Å². The lowest BCUT2D eigenvalue weighted by Gasteiger charge is -2.33. The van der Waals surface area contributed by atoms with Gasteiger partial charge in [-0.3, -0.25) is 0 Å². The number of hydrogen-bond donors (Lipinski definition) is 1. The van der Waals surface area contributed by atoms with Crippen LogP contribution in [0.4, 0.5) is 0 Å². The Bertz CT molecular complexity index is 290. The van der Waals surface area contributed by atoms with Crippen molar-refractivity contribution in [2.24, 2.45) is 0 Å². The van der Waals surface area contributed by atoms with Crippen molar-refractivity contribution in [2.45, 2.75) is 19.3 Å². The predicted molar refractivity (Wildman–Crippen MR) is 57.6 cm³/mol. The van der Waals surface area contributed by atoms with E-state index in [1.54, 1.807) is 12.1 Å². The maximum Gasteiger partial charge on any atom is 0.115 e. The zero-order chi connectivity index (χ0) is 9.97. The third-order valence-electron chi connectivity index (χ3n) is 2.94. The molecular weight excluding hydrogens is 174 g/mol. The van der Waals surface area contributed by atoms with Gasteiger partial charge in [0.15, 0.2) is 0 Å². The number of likely N-dealkylation sites (tertiary alicyclic amines) is 1. The van der Waals surface area contributed by atoms with Gasteiger partial charge in [-0.2, -0.15) is 0 Å². The maximum absolute atomic E-state index is 9.17. The predicted octanol–water partition coefficient (Wildman–Crippen LogP) is 2.20. The molecule has 1 aliphatic heterocycles. The molecule has 2 rings (SSSR count). The zero-order valence-electron chi connectivity index (χ0n) is 8.61. The van der Waals surface area contributed by atoms with Crippen LogP contribution in [0, 0.1) is 0 Å². The standard InChI is InChI=1S/C12H17NO/c1-10(9-13-7-2-8-13)11-3-5-12(14)6-4-11/h3-6,10,14H,2,7-9H2,1H3. The molecule has 0 bridgehead atoms. The Morgan fingerprint density at radius 2 is 1.93 bits per heavy atom. The van der Waals surface area contributed by atoms with Crippen LogP contribution in [-0.4, -0.2) is 29.6 Å². The van der Waals surface area contributed by atoms with Gasteiger partial charge < -0.3 is 10.0 Å². The van der Waals surface area contributed by atoms with E-state index in [1.807, 2.05) is 12.1 Å². The lowest BCUT2D eigenvalue weighted by molar-refractivity contribution is 0.172. The van der Waals surface area contributed by atoms with Crippen molar-refractivity contribution in [1.82, 2.24) is 4.90 Å². The van der Waals surface area contributed by atoms with Crippen LogP contribution in [0.3, 0.4) is 0 Å². The second kappa shape index (κ2) is 4.01. The first-order valence-corrected chi connectivity index (χ1v) is 5.27. The van der Waals surface area contributed by atoms with Gasteiger partial charge in [0.05, 0.1) is 0 Å². The van der Waals surface area contributed by atoms with E-state index in [4.69, 9.17) is 5.11 Å². The van der Waals surface area contributed by atoms with Crippen molar-refractivity contribution in [3.63, 3.8) is 0 Å². The van der Waals surface area contributed by atoms with Crippen LogP contribution < -0.4 is 0 Å². The first-order chi connectivity index (χ1) is 6.75. The van der Waals surface area contributed by atoms with Gasteiger partial charge in [0.25, 0.3) is 0 Å². The Balaban J connectivity index is 1.95. The van der Waals surface area contributed by atoms with Gasteiger partial charge in [-0.05, 0) is 43.1 Å². The average molecular weight is 191 g/mol. The summed E-state index contributed by atoms with van der Waals surface area (Å²) in [5.41, 5.74) is 1.31.